The van der Waals surface area contributed by atoms with Gasteiger partial charge in [-0.3, -0.25) is 4.79 Å². The maximum absolute atomic E-state index is 12.3. The van der Waals surface area contributed by atoms with Crippen LogP contribution in [0.3, 0.4) is 0 Å². The van der Waals surface area contributed by atoms with Gasteiger partial charge in [0.1, 0.15) is 11.3 Å². The number of hydrogen-bond acceptors (Lipinski definition) is 3. The van der Waals surface area contributed by atoms with Crippen LogP contribution in [-0.2, 0) is 0 Å². The summed E-state index contributed by atoms with van der Waals surface area (Å²) >= 11 is 0. The number of hydrogen-bond donors (Lipinski definition) is 1. The third-order valence-electron chi connectivity index (χ3n) is 3.53. The normalized spacial score (nSPS) is 12.6. The van der Waals surface area contributed by atoms with Crippen LogP contribution in [-0.4, -0.2) is 19.1 Å². The predicted octanol–water partition coefficient (Wildman–Crippen LogP) is 4.00. The zero-order chi connectivity index (χ0) is 15.4. The van der Waals surface area contributed by atoms with E-state index in [1.807, 2.05) is 18.2 Å². The van der Waals surface area contributed by atoms with E-state index in [9.17, 15) is 4.79 Å². The topological polar surface area (TPSA) is 51.5 Å². The van der Waals surface area contributed by atoms with Gasteiger partial charge in [0.15, 0.2) is 5.76 Å². The van der Waals surface area contributed by atoms with Crippen molar-refractivity contribution in [2.24, 2.45) is 5.92 Å². The van der Waals surface area contributed by atoms with Crippen molar-refractivity contribution < 1.29 is 13.9 Å². The van der Waals surface area contributed by atoms with E-state index < -0.39 is 0 Å². The fourth-order valence-corrected chi connectivity index (χ4v) is 2.41. The lowest BCUT2D eigenvalue weighted by atomic mass is 10.0. The van der Waals surface area contributed by atoms with Crippen LogP contribution < -0.4 is 10.1 Å². The minimum Gasteiger partial charge on any atom is -0.497 e. The average molecular weight is 289 g/mol. The van der Waals surface area contributed by atoms with E-state index >= 15 is 0 Å². The molecule has 0 aliphatic rings. The summed E-state index contributed by atoms with van der Waals surface area (Å²) in [6, 6.07) is 7.44. The van der Waals surface area contributed by atoms with Gasteiger partial charge in [-0.15, -0.1) is 0 Å². The first-order valence-corrected chi connectivity index (χ1v) is 7.42. The molecule has 2 aromatic rings. The molecule has 1 aromatic carbocycles. The Morgan fingerprint density at radius 3 is 2.71 bits per heavy atom. The molecule has 4 nitrogen and oxygen atoms in total. The van der Waals surface area contributed by atoms with Crippen molar-refractivity contribution in [3.8, 4) is 5.75 Å². The third kappa shape index (κ3) is 3.78. The Hall–Kier alpha value is -1.97. The summed E-state index contributed by atoms with van der Waals surface area (Å²) in [5.41, 5.74) is 0.692. The first-order chi connectivity index (χ1) is 10.0. The molecule has 21 heavy (non-hydrogen) atoms. The molecule has 4 heteroatoms. The maximum Gasteiger partial charge on any atom is 0.287 e. The van der Waals surface area contributed by atoms with Gasteiger partial charge >= 0.3 is 0 Å². The second kappa shape index (κ2) is 6.66. The van der Waals surface area contributed by atoms with Gasteiger partial charge in [0.25, 0.3) is 5.91 Å². The molecule has 1 aromatic heterocycles. The zero-order valence-electron chi connectivity index (χ0n) is 13.1. The zero-order valence-corrected chi connectivity index (χ0v) is 13.1. The van der Waals surface area contributed by atoms with Gasteiger partial charge in [-0.2, -0.15) is 0 Å². The van der Waals surface area contributed by atoms with Gasteiger partial charge in [0.05, 0.1) is 7.11 Å². The van der Waals surface area contributed by atoms with Crippen molar-refractivity contribution in [2.75, 3.05) is 7.11 Å². The number of carbonyl (C=O) groups excluding carboxylic acids is 1. The number of carbonyl (C=O) groups is 1. The summed E-state index contributed by atoms with van der Waals surface area (Å²) in [6.45, 7) is 6.39. The van der Waals surface area contributed by atoms with Gasteiger partial charge in [-0.1, -0.05) is 20.8 Å². The molecule has 1 unspecified atom stereocenters. The van der Waals surface area contributed by atoms with Crippen LogP contribution in [0.25, 0.3) is 11.0 Å². The summed E-state index contributed by atoms with van der Waals surface area (Å²) < 4.78 is 10.8. The first kappa shape index (κ1) is 15.4. The van der Waals surface area contributed by atoms with Crippen LogP contribution in [0.4, 0.5) is 0 Å². The van der Waals surface area contributed by atoms with Crippen LogP contribution >= 0.6 is 0 Å². The maximum atomic E-state index is 12.3. The van der Waals surface area contributed by atoms with Crippen LogP contribution in [0.15, 0.2) is 28.7 Å². The predicted molar refractivity (Wildman–Crippen MR) is 83.8 cm³/mol. The van der Waals surface area contributed by atoms with Crippen LogP contribution in [0.1, 0.15) is 44.2 Å². The minimum atomic E-state index is -0.155. The summed E-state index contributed by atoms with van der Waals surface area (Å²) in [4.78, 5) is 12.3. The fraction of sp³-hybridized carbons (Fsp3) is 0.471. The molecule has 0 radical (unpaired) electrons. The minimum absolute atomic E-state index is 0.155. The molecule has 0 fully saturated rings. The Morgan fingerprint density at radius 2 is 2.10 bits per heavy atom. The van der Waals surface area contributed by atoms with Crippen molar-refractivity contribution in [3.05, 3.63) is 30.0 Å². The molecule has 2 rings (SSSR count). The summed E-state index contributed by atoms with van der Waals surface area (Å²) in [7, 11) is 1.62. The molecule has 1 N–H and O–H groups in total. The van der Waals surface area contributed by atoms with Crippen LogP contribution in [0, 0.1) is 5.92 Å². The molecule has 0 saturated carbocycles. The van der Waals surface area contributed by atoms with E-state index in [0.717, 1.165) is 24.0 Å². The number of furan rings is 1. The number of benzene rings is 1. The third-order valence-corrected chi connectivity index (χ3v) is 3.53. The van der Waals surface area contributed by atoms with E-state index in [2.05, 4.69) is 26.1 Å². The largest absolute Gasteiger partial charge is 0.497 e. The van der Waals surface area contributed by atoms with Crippen LogP contribution in [0.2, 0.25) is 0 Å². The van der Waals surface area contributed by atoms with E-state index in [1.54, 1.807) is 13.2 Å². The summed E-state index contributed by atoms with van der Waals surface area (Å²) in [5, 5.41) is 3.91. The van der Waals surface area contributed by atoms with E-state index in [1.165, 1.54) is 0 Å². The van der Waals surface area contributed by atoms with Crippen LogP contribution in [0.5, 0.6) is 5.75 Å². The molecule has 114 valence electrons. The first-order valence-electron chi connectivity index (χ1n) is 7.42. The highest BCUT2D eigenvalue weighted by Gasteiger charge is 2.17. The molecule has 1 heterocycles. The molecule has 0 aliphatic carbocycles. The Bertz CT molecular complexity index is 616. The molecule has 0 saturated heterocycles. The standard InChI is InChI=1S/C17H23NO3/c1-5-13(8-11(2)3)18-17(19)16-10-12-9-14(20-4)6-7-15(12)21-16/h6-7,9-11,13H,5,8H2,1-4H3,(H,18,19). The number of ether oxygens (including phenoxy) is 1. The molecular formula is C17H23NO3. The Balaban J connectivity index is 2.15. The van der Waals surface area contributed by atoms with Gasteiger partial charge in [-0.25, -0.2) is 0 Å². The lowest BCUT2D eigenvalue weighted by Gasteiger charge is -2.18. The van der Waals surface area contributed by atoms with E-state index in [0.29, 0.717) is 17.3 Å². The van der Waals surface area contributed by atoms with Gasteiger partial charge in [0.2, 0.25) is 0 Å². The van der Waals surface area contributed by atoms with Gasteiger partial charge < -0.3 is 14.5 Å². The summed E-state index contributed by atoms with van der Waals surface area (Å²) in [5.74, 6) is 1.50. The van der Waals surface area contributed by atoms with Gasteiger partial charge in [0, 0.05) is 11.4 Å². The van der Waals surface area contributed by atoms with Crippen molar-refractivity contribution in [3.63, 3.8) is 0 Å². The smallest absolute Gasteiger partial charge is 0.287 e. The Labute approximate surface area is 125 Å². The van der Waals surface area contributed by atoms with Crippen molar-refractivity contribution >= 4 is 16.9 Å². The van der Waals surface area contributed by atoms with Crippen molar-refractivity contribution in [1.82, 2.24) is 5.32 Å². The molecular weight excluding hydrogens is 266 g/mol. The Kier molecular flexibility index (Phi) is 4.89. The summed E-state index contributed by atoms with van der Waals surface area (Å²) in [6.07, 6.45) is 1.88. The fourth-order valence-electron chi connectivity index (χ4n) is 2.41. The second-order valence-electron chi connectivity index (χ2n) is 5.72. The number of rotatable bonds is 6. The highest BCUT2D eigenvalue weighted by atomic mass is 16.5. The van der Waals surface area contributed by atoms with Crippen molar-refractivity contribution in [1.29, 1.82) is 0 Å². The monoisotopic (exact) mass is 289 g/mol. The second-order valence-corrected chi connectivity index (χ2v) is 5.72. The Morgan fingerprint density at radius 1 is 1.33 bits per heavy atom. The lowest BCUT2D eigenvalue weighted by molar-refractivity contribution is 0.0905. The number of methoxy groups -OCH3 is 1. The quantitative estimate of drug-likeness (QED) is 0.874. The molecule has 0 aliphatic heterocycles. The SMILES string of the molecule is CCC(CC(C)C)NC(=O)c1cc2cc(OC)ccc2o1. The molecule has 0 bridgehead atoms. The lowest BCUT2D eigenvalue weighted by Crippen LogP contribution is -2.35. The highest BCUT2D eigenvalue weighted by molar-refractivity contribution is 5.96. The molecule has 0 spiro atoms. The van der Waals surface area contributed by atoms with E-state index in [4.69, 9.17) is 9.15 Å². The molecule has 1 amide bonds. The van der Waals surface area contributed by atoms with E-state index in [-0.39, 0.29) is 11.9 Å². The average Bonchev–Trinajstić information content (AvgIpc) is 2.88. The van der Waals surface area contributed by atoms with Crippen molar-refractivity contribution in [2.45, 2.75) is 39.7 Å². The number of fused-ring (bicyclic) bond motifs is 1. The number of nitrogens with one attached hydrogen (secondary N) is 1. The highest BCUT2D eigenvalue weighted by Crippen LogP contribution is 2.24. The molecule has 1 atom stereocenters. The van der Waals surface area contributed by atoms with Gasteiger partial charge in [-0.05, 0) is 43.0 Å². The number of amides is 1.